The van der Waals surface area contributed by atoms with Gasteiger partial charge in [0.05, 0.1) is 5.41 Å². The summed E-state index contributed by atoms with van der Waals surface area (Å²) < 4.78 is 13.7. The van der Waals surface area contributed by atoms with Gasteiger partial charge < -0.3 is 4.98 Å². The number of fused-ring (bicyclic) bond motifs is 1. The van der Waals surface area contributed by atoms with E-state index in [2.05, 4.69) is 10.9 Å². The average Bonchev–Trinajstić information content (AvgIpc) is 2.63. The molecule has 0 saturated carbocycles. The maximum Gasteiger partial charge on any atom is 0.132 e. The van der Waals surface area contributed by atoms with Crippen LogP contribution >= 0.6 is 0 Å². The van der Waals surface area contributed by atoms with Crippen LogP contribution in [0.2, 0.25) is 0 Å². The molecule has 1 aromatic heterocycles. The quantitative estimate of drug-likeness (QED) is 0.682. The second-order valence-corrected chi connectivity index (χ2v) is 4.13. The molecule has 0 aliphatic carbocycles. The van der Waals surface area contributed by atoms with Gasteiger partial charge in [-0.3, -0.25) is 0 Å². The number of aromatic nitrogens is 1. The lowest BCUT2D eigenvalue weighted by Gasteiger charge is -2.16. The summed E-state index contributed by atoms with van der Waals surface area (Å²) in [5, 5.41) is 0.598. The number of benzene rings is 1. The molecule has 0 amide bonds. The second-order valence-electron chi connectivity index (χ2n) is 4.13. The van der Waals surface area contributed by atoms with Gasteiger partial charge in [0.25, 0.3) is 0 Å². The number of nitrogens with one attached hydrogen (secondary N) is 1. The van der Waals surface area contributed by atoms with Crippen molar-refractivity contribution < 1.29 is 4.39 Å². The molecule has 0 aliphatic rings. The maximum absolute atomic E-state index is 13.7. The molecule has 0 atom stereocenters. The van der Waals surface area contributed by atoms with E-state index in [1.54, 1.807) is 12.3 Å². The molecule has 2 rings (SSSR count). The molecule has 0 radical (unpaired) electrons. The summed E-state index contributed by atoms with van der Waals surface area (Å²) in [5.41, 5.74) is 1.16. The van der Waals surface area contributed by atoms with E-state index in [-0.39, 0.29) is 5.82 Å². The number of hydrogen-bond acceptors (Lipinski definition) is 0. The van der Waals surface area contributed by atoms with Gasteiger partial charge >= 0.3 is 0 Å². The summed E-state index contributed by atoms with van der Waals surface area (Å²) in [5.74, 6) is 2.45. The molecular weight excluding hydrogens is 189 g/mol. The Morgan fingerprint density at radius 1 is 1.40 bits per heavy atom. The molecule has 0 aliphatic heterocycles. The van der Waals surface area contributed by atoms with Crippen molar-refractivity contribution in [2.45, 2.75) is 19.3 Å². The third-order valence-corrected chi connectivity index (χ3v) is 2.69. The third kappa shape index (κ3) is 1.41. The molecule has 1 aromatic carbocycles. The standard InChI is InChI=1S/C13H12FN/c1-4-13(2,3)9-8-15-11-7-5-6-10(14)12(9)11/h1,5-8,15H,2-3H3. The summed E-state index contributed by atoms with van der Waals surface area (Å²) >= 11 is 0. The number of halogens is 1. The highest BCUT2D eigenvalue weighted by atomic mass is 19.1. The normalized spacial score (nSPS) is 11.6. The summed E-state index contributed by atoms with van der Waals surface area (Å²) in [6.07, 6.45) is 7.24. The topological polar surface area (TPSA) is 15.8 Å². The van der Waals surface area contributed by atoms with Crippen LogP contribution in [0.3, 0.4) is 0 Å². The van der Waals surface area contributed by atoms with E-state index in [4.69, 9.17) is 6.42 Å². The minimum Gasteiger partial charge on any atom is -0.361 e. The molecule has 1 N–H and O–H groups in total. The molecule has 15 heavy (non-hydrogen) atoms. The zero-order valence-electron chi connectivity index (χ0n) is 8.76. The van der Waals surface area contributed by atoms with E-state index in [9.17, 15) is 4.39 Å². The average molecular weight is 201 g/mol. The molecule has 0 spiro atoms. The van der Waals surface area contributed by atoms with Crippen molar-refractivity contribution in [3.63, 3.8) is 0 Å². The lowest BCUT2D eigenvalue weighted by Crippen LogP contribution is -2.13. The van der Waals surface area contributed by atoms with Crippen molar-refractivity contribution in [2.24, 2.45) is 0 Å². The lowest BCUT2D eigenvalue weighted by molar-refractivity contribution is 0.633. The molecule has 76 valence electrons. The van der Waals surface area contributed by atoms with E-state index in [1.807, 2.05) is 19.9 Å². The Morgan fingerprint density at radius 2 is 2.13 bits per heavy atom. The van der Waals surface area contributed by atoms with Gasteiger partial charge in [0, 0.05) is 17.1 Å². The fraction of sp³-hybridized carbons (Fsp3) is 0.231. The Kier molecular flexibility index (Phi) is 2.04. The zero-order chi connectivity index (χ0) is 11.1. The first-order valence-corrected chi connectivity index (χ1v) is 4.80. The zero-order valence-corrected chi connectivity index (χ0v) is 8.76. The molecular formula is C13H12FN. The van der Waals surface area contributed by atoms with Gasteiger partial charge in [-0.25, -0.2) is 4.39 Å². The first-order chi connectivity index (χ1) is 7.06. The summed E-state index contributed by atoms with van der Waals surface area (Å²) in [7, 11) is 0. The number of hydrogen-bond donors (Lipinski definition) is 1. The van der Waals surface area contributed by atoms with E-state index >= 15 is 0 Å². The van der Waals surface area contributed by atoms with Gasteiger partial charge in [-0.1, -0.05) is 12.0 Å². The molecule has 2 aromatic rings. The van der Waals surface area contributed by atoms with Crippen LogP contribution in [0.4, 0.5) is 4.39 Å². The van der Waals surface area contributed by atoms with Gasteiger partial charge in [0.15, 0.2) is 0 Å². The SMILES string of the molecule is C#CC(C)(C)c1c[nH]c2cccc(F)c12. The van der Waals surface area contributed by atoms with Crippen molar-refractivity contribution in [3.8, 4) is 12.3 Å². The molecule has 1 nitrogen and oxygen atoms in total. The Labute approximate surface area is 88.3 Å². The smallest absolute Gasteiger partial charge is 0.132 e. The van der Waals surface area contributed by atoms with Gasteiger partial charge in [-0.05, 0) is 31.5 Å². The molecule has 0 saturated heterocycles. The van der Waals surface area contributed by atoms with Gasteiger partial charge in [0.2, 0.25) is 0 Å². The van der Waals surface area contributed by atoms with Crippen molar-refractivity contribution in [2.75, 3.05) is 0 Å². The number of terminal acetylenes is 1. The largest absolute Gasteiger partial charge is 0.361 e. The van der Waals surface area contributed by atoms with Gasteiger partial charge in [0.1, 0.15) is 5.82 Å². The van der Waals surface area contributed by atoms with Crippen LogP contribution in [-0.2, 0) is 5.41 Å². The van der Waals surface area contributed by atoms with Crippen LogP contribution < -0.4 is 0 Å². The lowest BCUT2D eigenvalue weighted by atomic mass is 9.85. The fourth-order valence-corrected chi connectivity index (χ4v) is 1.71. The highest BCUT2D eigenvalue weighted by Crippen LogP contribution is 2.31. The Balaban J connectivity index is 2.80. The van der Waals surface area contributed by atoms with Crippen molar-refractivity contribution in [1.82, 2.24) is 4.98 Å². The van der Waals surface area contributed by atoms with Crippen LogP contribution in [0.15, 0.2) is 24.4 Å². The van der Waals surface area contributed by atoms with Gasteiger partial charge in [-0.2, -0.15) is 0 Å². The van der Waals surface area contributed by atoms with E-state index in [1.165, 1.54) is 6.07 Å². The monoisotopic (exact) mass is 201 g/mol. The van der Waals surface area contributed by atoms with Gasteiger partial charge in [-0.15, -0.1) is 6.42 Å². The summed E-state index contributed by atoms with van der Waals surface area (Å²) in [6, 6.07) is 4.97. The van der Waals surface area contributed by atoms with Crippen molar-refractivity contribution in [3.05, 3.63) is 35.8 Å². The van der Waals surface area contributed by atoms with Crippen molar-refractivity contribution >= 4 is 10.9 Å². The minimum atomic E-state index is -0.458. The Bertz CT molecular complexity index is 543. The van der Waals surface area contributed by atoms with Crippen LogP contribution in [0, 0.1) is 18.2 Å². The highest BCUT2D eigenvalue weighted by Gasteiger charge is 2.22. The molecule has 1 heterocycles. The van der Waals surface area contributed by atoms with Crippen LogP contribution in [-0.4, -0.2) is 4.98 Å². The summed E-state index contributed by atoms with van der Waals surface area (Å²) in [6.45, 7) is 3.81. The third-order valence-electron chi connectivity index (χ3n) is 2.69. The Hall–Kier alpha value is -1.75. The van der Waals surface area contributed by atoms with E-state index in [0.29, 0.717) is 5.39 Å². The first kappa shape index (κ1) is 9.79. The molecule has 0 unspecified atom stereocenters. The van der Waals surface area contributed by atoms with Crippen molar-refractivity contribution in [1.29, 1.82) is 0 Å². The predicted octanol–water partition coefficient (Wildman–Crippen LogP) is 3.22. The van der Waals surface area contributed by atoms with Crippen LogP contribution in [0.25, 0.3) is 10.9 Å². The molecule has 0 fully saturated rings. The van der Waals surface area contributed by atoms with Crippen LogP contribution in [0.5, 0.6) is 0 Å². The highest BCUT2D eigenvalue weighted by molar-refractivity contribution is 5.85. The number of aromatic amines is 1. The van der Waals surface area contributed by atoms with E-state index in [0.717, 1.165) is 11.1 Å². The predicted molar refractivity (Wildman–Crippen MR) is 60.1 cm³/mol. The fourth-order valence-electron chi connectivity index (χ4n) is 1.71. The second kappa shape index (κ2) is 3.13. The Morgan fingerprint density at radius 3 is 2.80 bits per heavy atom. The molecule has 0 bridgehead atoms. The number of H-pyrrole nitrogens is 1. The first-order valence-electron chi connectivity index (χ1n) is 4.80. The maximum atomic E-state index is 13.7. The minimum absolute atomic E-state index is 0.230. The van der Waals surface area contributed by atoms with E-state index < -0.39 is 5.41 Å². The summed E-state index contributed by atoms with van der Waals surface area (Å²) in [4.78, 5) is 3.03. The molecule has 2 heteroatoms. The van der Waals surface area contributed by atoms with Crippen LogP contribution in [0.1, 0.15) is 19.4 Å². The number of rotatable bonds is 1.